The van der Waals surface area contributed by atoms with Gasteiger partial charge in [-0.15, -0.1) is 0 Å². The molecule has 0 saturated carbocycles. The number of nitrogens with two attached hydrogens (primary N) is 1. The van der Waals surface area contributed by atoms with E-state index in [1.165, 1.54) is 43.7 Å². The molecular formula is C13H26N2OS. The van der Waals surface area contributed by atoms with E-state index in [0.717, 1.165) is 19.7 Å². The van der Waals surface area contributed by atoms with Crippen LogP contribution in [-0.4, -0.2) is 54.3 Å². The van der Waals surface area contributed by atoms with Gasteiger partial charge in [0.1, 0.15) is 0 Å². The summed E-state index contributed by atoms with van der Waals surface area (Å²) in [7, 11) is 0. The summed E-state index contributed by atoms with van der Waals surface area (Å²) in [5, 5.41) is 0. The van der Waals surface area contributed by atoms with Crippen LogP contribution in [0.5, 0.6) is 0 Å². The van der Waals surface area contributed by atoms with E-state index in [4.69, 9.17) is 10.5 Å². The monoisotopic (exact) mass is 258 g/mol. The first-order valence-corrected chi connectivity index (χ1v) is 8.11. The van der Waals surface area contributed by atoms with E-state index in [2.05, 4.69) is 23.6 Å². The minimum Gasteiger partial charge on any atom is -0.374 e. The number of hydrogen-bond donors (Lipinski definition) is 1. The van der Waals surface area contributed by atoms with Crippen LogP contribution in [0.25, 0.3) is 0 Å². The van der Waals surface area contributed by atoms with Crippen molar-refractivity contribution < 1.29 is 4.74 Å². The molecule has 2 aliphatic rings. The van der Waals surface area contributed by atoms with Crippen LogP contribution in [0.4, 0.5) is 0 Å². The van der Waals surface area contributed by atoms with Crippen molar-refractivity contribution in [3.8, 4) is 0 Å². The maximum Gasteiger partial charge on any atom is 0.0795 e. The van der Waals surface area contributed by atoms with Crippen molar-refractivity contribution in [3.05, 3.63) is 0 Å². The minimum absolute atomic E-state index is 0.203. The Morgan fingerprint density at radius 2 is 2.35 bits per heavy atom. The van der Waals surface area contributed by atoms with E-state index in [0.29, 0.717) is 6.04 Å². The molecule has 2 saturated heterocycles. The lowest BCUT2D eigenvalue weighted by atomic mass is 9.89. The lowest BCUT2D eigenvalue weighted by Gasteiger charge is -2.42. The van der Waals surface area contributed by atoms with Gasteiger partial charge in [0, 0.05) is 31.5 Å². The van der Waals surface area contributed by atoms with Crippen LogP contribution in [0.1, 0.15) is 32.6 Å². The van der Waals surface area contributed by atoms with Crippen LogP contribution < -0.4 is 5.73 Å². The number of thioether (sulfide) groups is 1. The van der Waals surface area contributed by atoms with E-state index in [1.54, 1.807) is 0 Å². The summed E-state index contributed by atoms with van der Waals surface area (Å²) in [6.07, 6.45) is 4.88. The summed E-state index contributed by atoms with van der Waals surface area (Å²) < 4.78 is 6.08. The van der Waals surface area contributed by atoms with Gasteiger partial charge in [-0.1, -0.05) is 6.92 Å². The smallest absolute Gasteiger partial charge is 0.0795 e. The number of nitrogens with zero attached hydrogens (tertiary/aromatic N) is 1. The van der Waals surface area contributed by atoms with Gasteiger partial charge in [0.25, 0.3) is 0 Å². The molecule has 0 aromatic rings. The molecule has 0 radical (unpaired) electrons. The Bertz CT molecular complexity index is 225. The lowest BCUT2D eigenvalue weighted by Crippen LogP contribution is -2.50. The van der Waals surface area contributed by atoms with Crippen LogP contribution in [0, 0.1) is 0 Å². The number of rotatable bonds is 5. The van der Waals surface area contributed by atoms with Crippen molar-refractivity contribution in [3.63, 3.8) is 0 Å². The zero-order chi connectivity index (χ0) is 12.1. The molecule has 0 bridgehead atoms. The summed E-state index contributed by atoms with van der Waals surface area (Å²) in [4.78, 5) is 2.59. The van der Waals surface area contributed by atoms with Crippen molar-refractivity contribution >= 4 is 11.8 Å². The largest absolute Gasteiger partial charge is 0.374 e. The van der Waals surface area contributed by atoms with Gasteiger partial charge in [-0.3, -0.25) is 4.90 Å². The molecular weight excluding hydrogens is 232 g/mol. The second-order valence-electron chi connectivity index (χ2n) is 5.31. The zero-order valence-electron chi connectivity index (χ0n) is 11.0. The third kappa shape index (κ3) is 3.37. The quantitative estimate of drug-likeness (QED) is 0.815. The van der Waals surface area contributed by atoms with E-state index < -0.39 is 0 Å². The zero-order valence-corrected chi connectivity index (χ0v) is 11.8. The summed E-state index contributed by atoms with van der Waals surface area (Å²) in [6, 6.07) is 0.700. The molecule has 2 N–H and O–H groups in total. The Hall–Kier alpha value is 0.230. The Morgan fingerprint density at radius 3 is 3.00 bits per heavy atom. The fourth-order valence-electron chi connectivity index (χ4n) is 3.11. The minimum atomic E-state index is 0.203. The van der Waals surface area contributed by atoms with Gasteiger partial charge in [-0.05, 0) is 38.0 Å². The van der Waals surface area contributed by atoms with Gasteiger partial charge < -0.3 is 10.5 Å². The molecule has 2 rings (SSSR count). The first-order valence-electron chi connectivity index (χ1n) is 6.95. The van der Waals surface area contributed by atoms with E-state index >= 15 is 0 Å². The summed E-state index contributed by atoms with van der Waals surface area (Å²) in [6.45, 7) is 6.20. The van der Waals surface area contributed by atoms with Gasteiger partial charge in [-0.2, -0.15) is 11.8 Å². The third-order valence-corrected chi connectivity index (χ3v) is 5.20. The summed E-state index contributed by atoms with van der Waals surface area (Å²) >= 11 is 2.05. The Kier molecular flexibility index (Phi) is 5.15. The number of ether oxygens (including phenoxy) is 1. The third-order valence-electron chi connectivity index (χ3n) is 3.98. The molecule has 0 aliphatic carbocycles. The maximum absolute atomic E-state index is 6.08. The molecule has 2 fully saturated rings. The Morgan fingerprint density at radius 1 is 1.47 bits per heavy atom. The normalized spacial score (nSPS) is 33.7. The average Bonchev–Trinajstić information content (AvgIpc) is 2.77. The molecule has 2 atom stereocenters. The van der Waals surface area contributed by atoms with Crippen LogP contribution in [0.15, 0.2) is 0 Å². The Balaban J connectivity index is 1.94. The molecule has 0 aromatic heterocycles. The highest BCUT2D eigenvalue weighted by Gasteiger charge is 2.41. The van der Waals surface area contributed by atoms with Crippen molar-refractivity contribution in [1.82, 2.24) is 4.90 Å². The topological polar surface area (TPSA) is 38.5 Å². The first kappa shape index (κ1) is 13.7. The highest BCUT2D eigenvalue weighted by molar-refractivity contribution is 7.99. The molecule has 2 unspecified atom stereocenters. The second-order valence-corrected chi connectivity index (χ2v) is 6.41. The SMILES string of the molecule is CCCN(CCN)C1CCOC2(CCSC2)C1. The van der Waals surface area contributed by atoms with Crippen LogP contribution >= 0.6 is 11.8 Å². The standard InChI is InChI=1S/C13H26N2OS/c1-2-6-15(7-5-14)12-3-8-16-13(10-12)4-9-17-11-13/h12H,2-11,14H2,1H3. The van der Waals surface area contributed by atoms with E-state index in [-0.39, 0.29) is 5.60 Å². The maximum atomic E-state index is 6.08. The molecule has 2 aliphatic heterocycles. The lowest BCUT2D eigenvalue weighted by molar-refractivity contribution is -0.0892. The predicted octanol–water partition coefficient (Wildman–Crippen LogP) is 1.71. The molecule has 100 valence electrons. The van der Waals surface area contributed by atoms with Gasteiger partial charge in [0.15, 0.2) is 0 Å². The van der Waals surface area contributed by atoms with Crippen LogP contribution in [0.3, 0.4) is 0 Å². The molecule has 3 nitrogen and oxygen atoms in total. The van der Waals surface area contributed by atoms with Crippen molar-refractivity contribution in [2.24, 2.45) is 5.73 Å². The van der Waals surface area contributed by atoms with Crippen LogP contribution in [-0.2, 0) is 4.74 Å². The van der Waals surface area contributed by atoms with Gasteiger partial charge in [-0.25, -0.2) is 0 Å². The van der Waals surface area contributed by atoms with Crippen LogP contribution in [0.2, 0.25) is 0 Å². The van der Waals surface area contributed by atoms with Gasteiger partial charge >= 0.3 is 0 Å². The molecule has 1 spiro atoms. The van der Waals surface area contributed by atoms with E-state index in [9.17, 15) is 0 Å². The molecule has 17 heavy (non-hydrogen) atoms. The molecule has 0 amide bonds. The van der Waals surface area contributed by atoms with Crippen molar-refractivity contribution in [2.75, 3.05) is 37.7 Å². The predicted molar refractivity (Wildman–Crippen MR) is 74.6 cm³/mol. The van der Waals surface area contributed by atoms with E-state index in [1.807, 2.05) is 0 Å². The fourth-order valence-corrected chi connectivity index (χ4v) is 4.49. The summed E-state index contributed by atoms with van der Waals surface area (Å²) in [5.74, 6) is 2.48. The highest BCUT2D eigenvalue weighted by Crippen LogP contribution is 2.39. The molecule has 0 aromatic carbocycles. The van der Waals surface area contributed by atoms with Gasteiger partial charge in [0.2, 0.25) is 0 Å². The highest BCUT2D eigenvalue weighted by atomic mass is 32.2. The fraction of sp³-hybridized carbons (Fsp3) is 1.00. The average molecular weight is 258 g/mol. The molecule has 4 heteroatoms. The first-order chi connectivity index (χ1) is 8.29. The Labute approximate surface area is 109 Å². The van der Waals surface area contributed by atoms with Gasteiger partial charge in [0.05, 0.1) is 5.60 Å². The second kappa shape index (κ2) is 6.41. The van der Waals surface area contributed by atoms with Crippen molar-refractivity contribution in [1.29, 1.82) is 0 Å². The molecule has 2 heterocycles. The summed E-state index contributed by atoms with van der Waals surface area (Å²) in [5.41, 5.74) is 5.94. The van der Waals surface area contributed by atoms with Crippen molar-refractivity contribution in [2.45, 2.75) is 44.2 Å². The number of hydrogen-bond acceptors (Lipinski definition) is 4.